The maximum absolute atomic E-state index is 12.7. The molecule has 0 aromatic heterocycles. The second-order valence-corrected chi connectivity index (χ2v) is 6.98. The molecule has 0 spiro atoms. The Morgan fingerprint density at radius 2 is 1.96 bits per heavy atom. The van der Waals surface area contributed by atoms with Gasteiger partial charge in [-0.1, -0.05) is 30.7 Å². The fourth-order valence-corrected chi connectivity index (χ4v) is 3.19. The van der Waals surface area contributed by atoms with Crippen molar-refractivity contribution in [3.05, 3.63) is 53.1 Å². The molecule has 0 saturated heterocycles. The van der Waals surface area contributed by atoms with Gasteiger partial charge in [0.05, 0.1) is 16.4 Å². The van der Waals surface area contributed by atoms with Crippen LogP contribution in [0.2, 0.25) is 5.02 Å². The van der Waals surface area contributed by atoms with Crippen molar-refractivity contribution in [3.8, 4) is 5.75 Å². The van der Waals surface area contributed by atoms with Gasteiger partial charge in [-0.25, -0.2) is 0 Å². The zero-order chi connectivity index (χ0) is 20.3. The molecule has 6 nitrogen and oxygen atoms in total. The fourth-order valence-electron chi connectivity index (χ4n) is 3.01. The molecule has 1 atom stereocenters. The monoisotopic (exact) mass is 400 g/mol. The summed E-state index contributed by atoms with van der Waals surface area (Å²) in [5.74, 6) is -0.295. The van der Waals surface area contributed by atoms with Crippen LogP contribution in [0.3, 0.4) is 0 Å². The maximum atomic E-state index is 12.7. The third kappa shape index (κ3) is 4.17. The molecule has 1 aliphatic heterocycles. The van der Waals surface area contributed by atoms with Crippen molar-refractivity contribution in [2.24, 2.45) is 0 Å². The summed E-state index contributed by atoms with van der Waals surface area (Å²) in [4.78, 5) is 38.8. The number of carbonyl (C=O) groups is 3. The highest BCUT2D eigenvalue weighted by Crippen LogP contribution is 2.35. The number of fused-ring (bicyclic) bond motifs is 1. The number of rotatable bonds is 6. The Bertz CT molecular complexity index is 928. The number of benzene rings is 2. The standard InChI is InChI=1S/C21H21ClN2O4/c1-3-6-18(25)14-9-10-19-17(11-14)24(21(27)13(2)28-19)12-20(26)23-16-8-5-4-7-15(16)22/h4-5,7-11,13H,3,6,12H2,1-2H3,(H,23,26). The molecule has 28 heavy (non-hydrogen) atoms. The van der Waals surface area contributed by atoms with Crippen LogP contribution in [0.4, 0.5) is 11.4 Å². The molecule has 7 heteroatoms. The van der Waals surface area contributed by atoms with E-state index in [1.165, 1.54) is 4.90 Å². The Labute approximate surface area is 168 Å². The van der Waals surface area contributed by atoms with Gasteiger partial charge in [0.15, 0.2) is 11.9 Å². The molecule has 146 valence electrons. The molecule has 0 fully saturated rings. The van der Waals surface area contributed by atoms with E-state index in [0.29, 0.717) is 34.1 Å². The minimum absolute atomic E-state index is 0.0168. The molecule has 1 heterocycles. The molecule has 2 amide bonds. The normalized spacial score (nSPS) is 15.6. The van der Waals surface area contributed by atoms with Crippen molar-refractivity contribution in [1.29, 1.82) is 0 Å². The second-order valence-electron chi connectivity index (χ2n) is 6.57. The Kier molecular flexibility index (Phi) is 5.99. The molecule has 1 N–H and O–H groups in total. The quantitative estimate of drug-likeness (QED) is 0.741. The second kappa shape index (κ2) is 8.44. The zero-order valence-electron chi connectivity index (χ0n) is 15.7. The number of ketones is 1. The molecular weight excluding hydrogens is 380 g/mol. The summed E-state index contributed by atoms with van der Waals surface area (Å²) >= 11 is 6.08. The van der Waals surface area contributed by atoms with Crippen molar-refractivity contribution in [2.45, 2.75) is 32.8 Å². The van der Waals surface area contributed by atoms with E-state index < -0.39 is 12.0 Å². The summed E-state index contributed by atoms with van der Waals surface area (Å²) in [6.07, 6.45) is 0.418. The lowest BCUT2D eigenvalue weighted by atomic mass is 10.0. The topological polar surface area (TPSA) is 75.7 Å². The number of amides is 2. The minimum atomic E-state index is -0.724. The highest BCUT2D eigenvalue weighted by molar-refractivity contribution is 6.33. The molecule has 0 radical (unpaired) electrons. The van der Waals surface area contributed by atoms with Gasteiger partial charge in [-0.05, 0) is 43.7 Å². The first-order valence-electron chi connectivity index (χ1n) is 9.10. The highest BCUT2D eigenvalue weighted by atomic mass is 35.5. The number of anilines is 2. The average Bonchev–Trinajstić information content (AvgIpc) is 2.67. The molecule has 1 aliphatic rings. The van der Waals surface area contributed by atoms with Gasteiger partial charge < -0.3 is 10.1 Å². The van der Waals surface area contributed by atoms with Gasteiger partial charge >= 0.3 is 0 Å². The Morgan fingerprint density at radius 1 is 1.21 bits per heavy atom. The van der Waals surface area contributed by atoms with Crippen LogP contribution in [0.25, 0.3) is 0 Å². The van der Waals surface area contributed by atoms with Gasteiger partial charge in [-0.2, -0.15) is 0 Å². The lowest BCUT2D eigenvalue weighted by Gasteiger charge is -2.32. The van der Waals surface area contributed by atoms with E-state index in [-0.39, 0.29) is 18.2 Å². The van der Waals surface area contributed by atoms with Gasteiger partial charge in [-0.15, -0.1) is 0 Å². The summed E-state index contributed by atoms with van der Waals surface area (Å²) in [6, 6.07) is 11.8. The van der Waals surface area contributed by atoms with Crippen LogP contribution in [0.1, 0.15) is 37.0 Å². The summed E-state index contributed by atoms with van der Waals surface area (Å²) in [5.41, 5.74) is 1.37. The largest absolute Gasteiger partial charge is 0.479 e. The van der Waals surface area contributed by atoms with Gasteiger partial charge in [0.25, 0.3) is 5.91 Å². The van der Waals surface area contributed by atoms with Gasteiger partial charge in [0.1, 0.15) is 12.3 Å². The molecule has 0 saturated carbocycles. The van der Waals surface area contributed by atoms with Gasteiger partial charge in [0, 0.05) is 12.0 Å². The molecular formula is C21H21ClN2O4. The van der Waals surface area contributed by atoms with Crippen molar-refractivity contribution >= 4 is 40.6 Å². The van der Waals surface area contributed by atoms with E-state index in [2.05, 4.69) is 5.32 Å². The predicted octanol–water partition coefficient (Wildman–Crippen LogP) is 4.08. The first-order valence-corrected chi connectivity index (χ1v) is 9.48. The minimum Gasteiger partial charge on any atom is -0.479 e. The molecule has 3 rings (SSSR count). The third-order valence-electron chi connectivity index (χ3n) is 4.42. The first kappa shape index (κ1) is 19.9. The number of hydrogen-bond donors (Lipinski definition) is 1. The number of nitrogens with one attached hydrogen (secondary N) is 1. The van der Waals surface area contributed by atoms with E-state index in [9.17, 15) is 14.4 Å². The SMILES string of the molecule is CCCC(=O)c1ccc2c(c1)N(CC(=O)Nc1ccccc1Cl)C(=O)C(C)O2. The lowest BCUT2D eigenvalue weighted by molar-refractivity contribution is -0.127. The molecule has 0 bridgehead atoms. The number of halogens is 1. The van der Waals surface area contributed by atoms with Crippen LogP contribution in [0.5, 0.6) is 5.75 Å². The fraction of sp³-hybridized carbons (Fsp3) is 0.286. The predicted molar refractivity (Wildman–Crippen MR) is 108 cm³/mol. The Hall–Kier alpha value is -2.86. The summed E-state index contributed by atoms with van der Waals surface area (Å²) in [5, 5.41) is 3.12. The number of hydrogen-bond acceptors (Lipinski definition) is 4. The summed E-state index contributed by atoms with van der Waals surface area (Å²) in [6.45, 7) is 3.34. The number of Topliss-reactive ketones (excluding diaryl/α,β-unsaturated/α-hetero) is 1. The van der Waals surface area contributed by atoms with E-state index in [1.54, 1.807) is 49.4 Å². The van der Waals surface area contributed by atoms with Crippen LogP contribution in [-0.2, 0) is 9.59 Å². The summed E-state index contributed by atoms with van der Waals surface area (Å²) in [7, 11) is 0. The van der Waals surface area contributed by atoms with Crippen molar-refractivity contribution in [2.75, 3.05) is 16.8 Å². The number of carbonyl (C=O) groups excluding carboxylic acids is 3. The Balaban J connectivity index is 1.87. The van der Waals surface area contributed by atoms with Gasteiger partial charge in [0.2, 0.25) is 5.91 Å². The van der Waals surface area contributed by atoms with E-state index >= 15 is 0 Å². The van der Waals surface area contributed by atoms with Crippen molar-refractivity contribution < 1.29 is 19.1 Å². The molecule has 2 aromatic rings. The van der Waals surface area contributed by atoms with Crippen molar-refractivity contribution in [3.63, 3.8) is 0 Å². The van der Waals surface area contributed by atoms with Crippen molar-refractivity contribution in [1.82, 2.24) is 0 Å². The smallest absolute Gasteiger partial charge is 0.268 e. The van der Waals surface area contributed by atoms with Crippen LogP contribution < -0.4 is 15.0 Å². The van der Waals surface area contributed by atoms with Gasteiger partial charge in [-0.3, -0.25) is 19.3 Å². The van der Waals surface area contributed by atoms with E-state index in [4.69, 9.17) is 16.3 Å². The van der Waals surface area contributed by atoms with Crippen LogP contribution in [0.15, 0.2) is 42.5 Å². The lowest BCUT2D eigenvalue weighted by Crippen LogP contribution is -2.47. The zero-order valence-corrected chi connectivity index (χ0v) is 16.5. The number of nitrogens with zero attached hydrogens (tertiary/aromatic N) is 1. The van der Waals surface area contributed by atoms with Crippen LogP contribution in [-0.4, -0.2) is 30.2 Å². The van der Waals surface area contributed by atoms with Crippen LogP contribution >= 0.6 is 11.6 Å². The third-order valence-corrected chi connectivity index (χ3v) is 4.75. The molecule has 0 aliphatic carbocycles. The van der Waals surface area contributed by atoms with E-state index in [1.807, 2.05) is 6.92 Å². The Morgan fingerprint density at radius 3 is 2.68 bits per heavy atom. The highest BCUT2D eigenvalue weighted by Gasteiger charge is 2.33. The first-order chi connectivity index (χ1) is 13.4. The number of para-hydroxylation sites is 1. The molecule has 2 aromatic carbocycles. The van der Waals surface area contributed by atoms with Crippen LogP contribution in [0, 0.1) is 0 Å². The average molecular weight is 401 g/mol. The summed E-state index contributed by atoms with van der Waals surface area (Å²) < 4.78 is 5.63. The van der Waals surface area contributed by atoms with E-state index in [0.717, 1.165) is 6.42 Å². The molecule has 1 unspecified atom stereocenters. The number of ether oxygens (including phenoxy) is 1. The maximum Gasteiger partial charge on any atom is 0.268 e.